The summed E-state index contributed by atoms with van der Waals surface area (Å²) in [6.45, 7) is 1.87. The Morgan fingerprint density at radius 2 is 2.00 bits per heavy atom. The van der Waals surface area contributed by atoms with Crippen LogP contribution in [0.3, 0.4) is 0 Å². The van der Waals surface area contributed by atoms with Gasteiger partial charge in [0.2, 0.25) is 0 Å². The van der Waals surface area contributed by atoms with Crippen LogP contribution in [0.5, 0.6) is 0 Å². The highest BCUT2D eigenvalue weighted by Gasteiger charge is 2.13. The topological polar surface area (TPSA) is 17.1 Å². The van der Waals surface area contributed by atoms with E-state index in [4.69, 9.17) is 11.6 Å². The Hall–Kier alpha value is -1.19. The van der Waals surface area contributed by atoms with Gasteiger partial charge < -0.3 is 0 Å². The number of ketones is 1. The zero-order valence-corrected chi connectivity index (χ0v) is 12.6. The van der Waals surface area contributed by atoms with E-state index in [1.165, 1.54) is 18.2 Å². The highest BCUT2D eigenvalue weighted by Crippen LogP contribution is 2.22. The van der Waals surface area contributed by atoms with Gasteiger partial charge >= 0.3 is 0 Å². The molecule has 2 rings (SSSR count). The monoisotopic (exact) mass is 340 g/mol. The first-order valence-electron chi connectivity index (χ1n) is 5.70. The molecule has 0 fully saturated rings. The van der Waals surface area contributed by atoms with Crippen LogP contribution in [0.15, 0.2) is 40.9 Å². The van der Waals surface area contributed by atoms with Gasteiger partial charge in [-0.2, -0.15) is 0 Å². The molecule has 0 amide bonds. The van der Waals surface area contributed by atoms with Crippen LogP contribution < -0.4 is 0 Å². The largest absolute Gasteiger partial charge is 0.294 e. The van der Waals surface area contributed by atoms with Crippen LogP contribution in [0.4, 0.5) is 4.39 Å². The maximum absolute atomic E-state index is 13.2. The van der Waals surface area contributed by atoms with E-state index in [0.717, 1.165) is 10.0 Å². The van der Waals surface area contributed by atoms with E-state index in [1.807, 2.05) is 19.1 Å². The Morgan fingerprint density at radius 3 is 2.74 bits per heavy atom. The van der Waals surface area contributed by atoms with Crippen LogP contribution in [0.25, 0.3) is 0 Å². The number of carbonyl (C=O) groups is 1. The summed E-state index contributed by atoms with van der Waals surface area (Å²) in [5.41, 5.74) is 2.02. The molecule has 0 saturated carbocycles. The molecule has 0 heterocycles. The van der Waals surface area contributed by atoms with E-state index in [2.05, 4.69) is 15.9 Å². The van der Waals surface area contributed by atoms with Crippen LogP contribution >= 0.6 is 27.5 Å². The number of rotatable bonds is 3. The molecule has 2 aromatic carbocycles. The van der Waals surface area contributed by atoms with Crippen molar-refractivity contribution in [2.45, 2.75) is 13.3 Å². The van der Waals surface area contributed by atoms with Gasteiger partial charge in [0.05, 0.1) is 0 Å². The van der Waals surface area contributed by atoms with Gasteiger partial charge in [-0.3, -0.25) is 4.79 Å². The minimum absolute atomic E-state index is 0.0775. The number of Topliss-reactive ketones (excluding diaryl/α,β-unsaturated/α-hetero) is 1. The van der Waals surface area contributed by atoms with E-state index in [9.17, 15) is 9.18 Å². The van der Waals surface area contributed by atoms with Crippen LogP contribution in [-0.4, -0.2) is 5.78 Å². The Kier molecular flexibility index (Phi) is 4.38. The highest BCUT2D eigenvalue weighted by molar-refractivity contribution is 9.10. The van der Waals surface area contributed by atoms with Gasteiger partial charge in [0.1, 0.15) is 5.82 Å². The van der Waals surface area contributed by atoms with E-state index < -0.39 is 5.82 Å². The molecule has 0 spiro atoms. The fraction of sp³-hybridized carbons (Fsp3) is 0.133. The summed E-state index contributed by atoms with van der Waals surface area (Å²) in [5.74, 6) is -0.468. The predicted molar refractivity (Wildman–Crippen MR) is 78.3 cm³/mol. The minimum Gasteiger partial charge on any atom is -0.294 e. The van der Waals surface area contributed by atoms with Crippen molar-refractivity contribution in [2.24, 2.45) is 0 Å². The summed E-state index contributed by atoms with van der Waals surface area (Å²) in [6.07, 6.45) is 0.0912. The molecule has 0 bridgehead atoms. The number of aryl methyl sites for hydroxylation is 1. The van der Waals surface area contributed by atoms with Gasteiger partial charge in [-0.05, 0) is 48.4 Å². The molecule has 0 aliphatic carbocycles. The first kappa shape index (κ1) is 14.2. The minimum atomic E-state index is -0.391. The lowest BCUT2D eigenvalue weighted by atomic mass is 9.99. The molecule has 19 heavy (non-hydrogen) atoms. The SMILES string of the molecule is Cc1ccc(Br)cc1C(=O)Cc1cc(F)ccc1Cl. The first-order chi connectivity index (χ1) is 8.97. The molecule has 1 nitrogen and oxygen atoms in total. The molecule has 0 atom stereocenters. The van der Waals surface area contributed by atoms with Gasteiger partial charge in [-0.25, -0.2) is 4.39 Å². The quantitative estimate of drug-likeness (QED) is 0.720. The third kappa shape index (κ3) is 3.43. The molecule has 4 heteroatoms. The molecule has 98 valence electrons. The van der Waals surface area contributed by atoms with Crippen molar-refractivity contribution < 1.29 is 9.18 Å². The molecular formula is C15H11BrClFO. The van der Waals surface area contributed by atoms with Gasteiger partial charge in [0.25, 0.3) is 0 Å². The Bertz CT molecular complexity index is 640. The average molecular weight is 342 g/mol. The van der Waals surface area contributed by atoms with Gasteiger partial charge in [-0.1, -0.05) is 33.6 Å². The van der Waals surface area contributed by atoms with Crippen LogP contribution in [0.2, 0.25) is 5.02 Å². The van der Waals surface area contributed by atoms with Crippen molar-refractivity contribution in [3.63, 3.8) is 0 Å². The summed E-state index contributed by atoms with van der Waals surface area (Å²) in [6, 6.07) is 9.55. The van der Waals surface area contributed by atoms with Crippen LogP contribution in [0.1, 0.15) is 21.5 Å². The van der Waals surface area contributed by atoms with Crippen molar-refractivity contribution >= 4 is 33.3 Å². The Balaban J connectivity index is 2.30. The van der Waals surface area contributed by atoms with E-state index >= 15 is 0 Å². The summed E-state index contributed by atoms with van der Waals surface area (Å²) >= 11 is 9.31. The molecular weight excluding hydrogens is 331 g/mol. The molecule has 0 aromatic heterocycles. The van der Waals surface area contributed by atoms with E-state index in [0.29, 0.717) is 16.1 Å². The number of hydrogen-bond donors (Lipinski definition) is 0. The number of halogens is 3. The Labute approximate surface area is 124 Å². The van der Waals surface area contributed by atoms with E-state index in [-0.39, 0.29) is 12.2 Å². The van der Waals surface area contributed by atoms with Gasteiger partial charge in [0, 0.05) is 21.5 Å². The van der Waals surface area contributed by atoms with Crippen molar-refractivity contribution in [3.8, 4) is 0 Å². The maximum Gasteiger partial charge on any atom is 0.167 e. The smallest absolute Gasteiger partial charge is 0.167 e. The second kappa shape index (κ2) is 5.85. The zero-order valence-electron chi connectivity index (χ0n) is 10.2. The molecule has 0 aliphatic heterocycles. The Morgan fingerprint density at radius 1 is 1.26 bits per heavy atom. The molecule has 0 unspecified atom stereocenters. The van der Waals surface area contributed by atoms with Crippen molar-refractivity contribution in [1.82, 2.24) is 0 Å². The maximum atomic E-state index is 13.2. The highest BCUT2D eigenvalue weighted by atomic mass is 79.9. The third-order valence-corrected chi connectivity index (χ3v) is 3.72. The van der Waals surface area contributed by atoms with Gasteiger partial charge in [-0.15, -0.1) is 0 Å². The summed E-state index contributed by atoms with van der Waals surface area (Å²) in [4.78, 5) is 12.2. The lowest BCUT2D eigenvalue weighted by molar-refractivity contribution is 0.0992. The van der Waals surface area contributed by atoms with Crippen LogP contribution in [-0.2, 0) is 6.42 Å². The summed E-state index contributed by atoms with van der Waals surface area (Å²) in [5, 5.41) is 0.405. The lowest BCUT2D eigenvalue weighted by Crippen LogP contribution is -2.06. The number of hydrogen-bond acceptors (Lipinski definition) is 1. The van der Waals surface area contributed by atoms with Crippen molar-refractivity contribution in [2.75, 3.05) is 0 Å². The van der Waals surface area contributed by atoms with Gasteiger partial charge in [0.15, 0.2) is 5.78 Å². The van der Waals surface area contributed by atoms with Crippen molar-refractivity contribution in [3.05, 3.63) is 68.4 Å². The molecule has 0 N–H and O–H groups in total. The van der Waals surface area contributed by atoms with Crippen LogP contribution in [0, 0.1) is 12.7 Å². The number of carbonyl (C=O) groups excluding carboxylic acids is 1. The van der Waals surface area contributed by atoms with Crippen molar-refractivity contribution in [1.29, 1.82) is 0 Å². The second-order valence-corrected chi connectivity index (χ2v) is 5.62. The lowest BCUT2D eigenvalue weighted by Gasteiger charge is -2.07. The fourth-order valence-electron chi connectivity index (χ4n) is 1.84. The first-order valence-corrected chi connectivity index (χ1v) is 6.88. The average Bonchev–Trinajstić information content (AvgIpc) is 2.36. The standard InChI is InChI=1S/C15H11BrClFO/c1-9-2-3-11(16)8-13(9)15(19)7-10-6-12(18)4-5-14(10)17/h2-6,8H,7H2,1H3. The molecule has 0 saturated heterocycles. The fourth-order valence-corrected chi connectivity index (χ4v) is 2.39. The summed E-state index contributed by atoms with van der Waals surface area (Å²) in [7, 11) is 0. The second-order valence-electron chi connectivity index (χ2n) is 4.29. The normalized spacial score (nSPS) is 10.5. The zero-order chi connectivity index (χ0) is 14.0. The molecule has 0 aliphatic rings. The summed E-state index contributed by atoms with van der Waals surface area (Å²) < 4.78 is 14.0. The molecule has 0 radical (unpaired) electrons. The van der Waals surface area contributed by atoms with E-state index in [1.54, 1.807) is 6.07 Å². The predicted octanol–water partition coefficient (Wildman–Crippen LogP) is 4.98. The third-order valence-electron chi connectivity index (χ3n) is 2.86. The number of benzene rings is 2. The molecule has 2 aromatic rings.